The van der Waals surface area contributed by atoms with E-state index in [-0.39, 0.29) is 0 Å². The molecule has 1 unspecified atom stereocenters. The van der Waals surface area contributed by atoms with Crippen molar-refractivity contribution in [1.29, 1.82) is 0 Å². The Labute approximate surface area is 106 Å². The number of nitrogens with one attached hydrogen (secondary N) is 1. The van der Waals surface area contributed by atoms with Gasteiger partial charge in [-0.25, -0.2) is 0 Å². The quantitative estimate of drug-likeness (QED) is 0.529. The summed E-state index contributed by atoms with van der Waals surface area (Å²) >= 11 is 0. The number of allylic oxidation sites excluding steroid dienone is 1. The highest BCUT2D eigenvalue weighted by molar-refractivity contribution is 5.22. The molecule has 1 atom stereocenters. The first kappa shape index (κ1) is 14.0. The average Bonchev–Trinajstić information content (AvgIpc) is 2.29. The van der Waals surface area contributed by atoms with Crippen molar-refractivity contribution < 1.29 is 0 Å². The minimum absolute atomic E-state index is 0.599. The molecule has 1 rings (SSSR count). The fourth-order valence-corrected chi connectivity index (χ4v) is 2.20. The number of hydrogen-bond acceptors (Lipinski definition) is 1. The third-order valence-electron chi connectivity index (χ3n) is 3.02. The standard InChI is InChI=1S/C16H25N/c1-4-6-7-11-16(17-5-2)13-15-10-8-9-14(3)12-15/h4,8-10,12,16-17H,1,5-7,11,13H2,2-3H3. The van der Waals surface area contributed by atoms with Crippen LogP contribution in [0.15, 0.2) is 36.9 Å². The van der Waals surface area contributed by atoms with Crippen molar-refractivity contribution >= 4 is 0 Å². The molecule has 1 N–H and O–H groups in total. The van der Waals surface area contributed by atoms with E-state index in [1.165, 1.54) is 24.0 Å². The Balaban J connectivity index is 2.50. The molecule has 0 amide bonds. The topological polar surface area (TPSA) is 12.0 Å². The van der Waals surface area contributed by atoms with E-state index in [1.807, 2.05) is 6.08 Å². The first-order valence-electron chi connectivity index (χ1n) is 6.66. The Bertz CT molecular complexity index is 330. The van der Waals surface area contributed by atoms with Gasteiger partial charge in [0.2, 0.25) is 0 Å². The summed E-state index contributed by atoms with van der Waals surface area (Å²) in [6.07, 6.45) is 6.72. The predicted molar refractivity (Wildman–Crippen MR) is 76.4 cm³/mol. The van der Waals surface area contributed by atoms with E-state index in [0.29, 0.717) is 6.04 Å². The van der Waals surface area contributed by atoms with Gasteiger partial charge in [-0.2, -0.15) is 0 Å². The zero-order chi connectivity index (χ0) is 12.5. The van der Waals surface area contributed by atoms with Crippen LogP contribution in [0.3, 0.4) is 0 Å². The van der Waals surface area contributed by atoms with E-state index in [0.717, 1.165) is 19.4 Å². The summed E-state index contributed by atoms with van der Waals surface area (Å²) in [7, 11) is 0. The Morgan fingerprint density at radius 2 is 2.24 bits per heavy atom. The molecule has 1 heteroatoms. The normalized spacial score (nSPS) is 12.4. The molecule has 0 saturated carbocycles. The number of unbranched alkanes of at least 4 members (excludes halogenated alkanes) is 1. The zero-order valence-corrected chi connectivity index (χ0v) is 11.2. The molecule has 94 valence electrons. The monoisotopic (exact) mass is 231 g/mol. The summed E-state index contributed by atoms with van der Waals surface area (Å²) in [5, 5.41) is 3.58. The Hall–Kier alpha value is -1.08. The Kier molecular flexibility index (Phi) is 6.64. The minimum Gasteiger partial charge on any atom is -0.314 e. The van der Waals surface area contributed by atoms with Gasteiger partial charge >= 0.3 is 0 Å². The van der Waals surface area contributed by atoms with Crippen LogP contribution in [-0.4, -0.2) is 12.6 Å². The van der Waals surface area contributed by atoms with Gasteiger partial charge in [0, 0.05) is 6.04 Å². The summed E-state index contributed by atoms with van der Waals surface area (Å²) in [4.78, 5) is 0. The van der Waals surface area contributed by atoms with Crippen molar-refractivity contribution in [2.24, 2.45) is 0 Å². The van der Waals surface area contributed by atoms with Crippen LogP contribution in [0.4, 0.5) is 0 Å². The van der Waals surface area contributed by atoms with Crippen molar-refractivity contribution in [2.75, 3.05) is 6.54 Å². The van der Waals surface area contributed by atoms with Crippen molar-refractivity contribution in [2.45, 2.75) is 45.6 Å². The lowest BCUT2D eigenvalue weighted by Gasteiger charge is -2.17. The van der Waals surface area contributed by atoms with Gasteiger partial charge in [-0.15, -0.1) is 6.58 Å². The second kappa shape index (κ2) is 8.08. The summed E-state index contributed by atoms with van der Waals surface area (Å²) in [6, 6.07) is 9.42. The largest absolute Gasteiger partial charge is 0.314 e. The predicted octanol–water partition coefficient (Wildman–Crippen LogP) is 3.87. The summed E-state index contributed by atoms with van der Waals surface area (Å²) < 4.78 is 0. The van der Waals surface area contributed by atoms with Gasteiger partial charge in [0.25, 0.3) is 0 Å². The molecule has 0 aromatic heterocycles. The number of hydrogen-bond donors (Lipinski definition) is 1. The molecule has 0 spiro atoms. The van der Waals surface area contributed by atoms with Gasteiger partial charge in [-0.3, -0.25) is 0 Å². The average molecular weight is 231 g/mol. The highest BCUT2D eigenvalue weighted by atomic mass is 14.9. The molecule has 0 aliphatic rings. The van der Waals surface area contributed by atoms with E-state index in [2.05, 4.69) is 50.0 Å². The van der Waals surface area contributed by atoms with Gasteiger partial charge in [0.05, 0.1) is 0 Å². The van der Waals surface area contributed by atoms with Crippen LogP contribution >= 0.6 is 0 Å². The lowest BCUT2D eigenvalue weighted by molar-refractivity contribution is 0.478. The van der Waals surface area contributed by atoms with E-state index < -0.39 is 0 Å². The minimum atomic E-state index is 0.599. The number of aryl methyl sites for hydroxylation is 1. The molecule has 1 aromatic rings. The maximum absolute atomic E-state index is 3.78. The molecule has 0 bridgehead atoms. The van der Waals surface area contributed by atoms with Crippen LogP contribution in [0.2, 0.25) is 0 Å². The molecule has 1 nitrogen and oxygen atoms in total. The van der Waals surface area contributed by atoms with Crippen molar-refractivity contribution in [3.63, 3.8) is 0 Å². The molecule has 0 heterocycles. The first-order chi connectivity index (χ1) is 8.26. The molecule has 0 aliphatic carbocycles. The molecule has 0 aliphatic heterocycles. The van der Waals surface area contributed by atoms with E-state index in [9.17, 15) is 0 Å². The Morgan fingerprint density at radius 3 is 2.88 bits per heavy atom. The maximum atomic E-state index is 3.78. The second-order valence-corrected chi connectivity index (χ2v) is 4.67. The smallest absolute Gasteiger partial charge is 0.0107 e. The van der Waals surface area contributed by atoms with Gasteiger partial charge in [0.1, 0.15) is 0 Å². The SMILES string of the molecule is C=CCCCC(Cc1cccc(C)c1)NCC. The molecule has 0 radical (unpaired) electrons. The zero-order valence-electron chi connectivity index (χ0n) is 11.2. The van der Waals surface area contributed by atoms with E-state index >= 15 is 0 Å². The lowest BCUT2D eigenvalue weighted by Crippen LogP contribution is -2.30. The summed E-state index contributed by atoms with van der Waals surface area (Å²) in [5.41, 5.74) is 2.79. The Morgan fingerprint density at radius 1 is 1.41 bits per heavy atom. The fourth-order valence-electron chi connectivity index (χ4n) is 2.20. The summed E-state index contributed by atoms with van der Waals surface area (Å²) in [6.45, 7) is 9.16. The van der Waals surface area contributed by atoms with Crippen LogP contribution in [0.25, 0.3) is 0 Å². The summed E-state index contributed by atoms with van der Waals surface area (Å²) in [5.74, 6) is 0. The lowest BCUT2D eigenvalue weighted by atomic mass is 9.99. The number of rotatable bonds is 8. The molecule has 0 saturated heterocycles. The van der Waals surface area contributed by atoms with Gasteiger partial charge < -0.3 is 5.32 Å². The molecule has 0 fully saturated rings. The molecular weight excluding hydrogens is 206 g/mol. The van der Waals surface area contributed by atoms with E-state index in [4.69, 9.17) is 0 Å². The first-order valence-corrected chi connectivity index (χ1v) is 6.66. The van der Waals surface area contributed by atoms with Crippen LogP contribution in [0.1, 0.15) is 37.3 Å². The molecular formula is C16H25N. The highest BCUT2D eigenvalue weighted by Crippen LogP contribution is 2.11. The maximum Gasteiger partial charge on any atom is 0.0107 e. The molecule has 1 aromatic carbocycles. The van der Waals surface area contributed by atoms with Gasteiger partial charge in [-0.05, 0) is 44.7 Å². The van der Waals surface area contributed by atoms with Crippen molar-refractivity contribution in [3.05, 3.63) is 48.0 Å². The van der Waals surface area contributed by atoms with Crippen LogP contribution in [0, 0.1) is 6.92 Å². The van der Waals surface area contributed by atoms with Crippen molar-refractivity contribution in [1.82, 2.24) is 5.32 Å². The molecule has 17 heavy (non-hydrogen) atoms. The highest BCUT2D eigenvalue weighted by Gasteiger charge is 2.07. The van der Waals surface area contributed by atoms with Crippen LogP contribution < -0.4 is 5.32 Å². The third-order valence-corrected chi connectivity index (χ3v) is 3.02. The van der Waals surface area contributed by atoms with Crippen LogP contribution in [0.5, 0.6) is 0 Å². The van der Waals surface area contributed by atoms with Gasteiger partial charge in [-0.1, -0.05) is 42.8 Å². The third kappa shape index (κ3) is 5.69. The number of benzene rings is 1. The van der Waals surface area contributed by atoms with Crippen LogP contribution in [-0.2, 0) is 6.42 Å². The van der Waals surface area contributed by atoms with Gasteiger partial charge in [0.15, 0.2) is 0 Å². The van der Waals surface area contributed by atoms with Crippen molar-refractivity contribution in [3.8, 4) is 0 Å². The van der Waals surface area contributed by atoms with E-state index in [1.54, 1.807) is 0 Å². The second-order valence-electron chi connectivity index (χ2n) is 4.67. The number of likely N-dealkylation sites (N-methyl/N-ethyl adjacent to an activating group) is 1. The fraction of sp³-hybridized carbons (Fsp3) is 0.500.